The summed E-state index contributed by atoms with van der Waals surface area (Å²) in [6, 6.07) is 18.2. The van der Waals surface area contributed by atoms with E-state index in [2.05, 4.69) is 23.2 Å². The third kappa shape index (κ3) is 1.85. The second-order valence-electron chi connectivity index (χ2n) is 5.22. The van der Waals surface area contributed by atoms with Crippen LogP contribution in [0.3, 0.4) is 0 Å². The summed E-state index contributed by atoms with van der Waals surface area (Å²) < 4.78 is 1.14. The number of allylic oxidation sites excluding steroid dienone is 2. The Morgan fingerprint density at radius 2 is 1.71 bits per heavy atom. The molecule has 4 rings (SSSR count). The smallest absolute Gasteiger partial charge is 0.173 e. The Morgan fingerprint density at radius 3 is 2.48 bits per heavy atom. The summed E-state index contributed by atoms with van der Waals surface area (Å²) in [4.78, 5) is 17.0. The molecule has 21 heavy (non-hydrogen) atoms. The monoisotopic (exact) mass is 291 g/mol. The van der Waals surface area contributed by atoms with Gasteiger partial charge in [-0.25, -0.2) is 4.98 Å². The molecule has 3 aromatic rings. The van der Waals surface area contributed by atoms with Gasteiger partial charge in [0.15, 0.2) is 5.78 Å². The summed E-state index contributed by atoms with van der Waals surface area (Å²) in [6.07, 6.45) is 0. The van der Waals surface area contributed by atoms with E-state index in [1.165, 1.54) is 0 Å². The SMILES string of the molecule is CC1=C(c2ccccc2)C(c2nc3ccccc3s2)C1=O. The number of hydrogen-bond donors (Lipinski definition) is 0. The van der Waals surface area contributed by atoms with Crippen molar-refractivity contribution >= 4 is 32.9 Å². The third-order valence-electron chi connectivity index (χ3n) is 3.97. The second kappa shape index (κ2) is 4.64. The van der Waals surface area contributed by atoms with Crippen molar-refractivity contribution in [2.75, 3.05) is 0 Å². The first-order chi connectivity index (χ1) is 10.3. The van der Waals surface area contributed by atoms with E-state index >= 15 is 0 Å². The molecule has 0 fully saturated rings. The Kier molecular flexibility index (Phi) is 2.76. The van der Waals surface area contributed by atoms with Gasteiger partial charge in [-0.2, -0.15) is 0 Å². The van der Waals surface area contributed by atoms with Crippen LogP contribution in [-0.2, 0) is 4.79 Å². The van der Waals surface area contributed by atoms with E-state index in [9.17, 15) is 4.79 Å². The molecule has 3 heteroatoms. The van der Waals surface area contributed by atoms with Crippen molar-refractivity contribution < 1.29 is 4.79 Å². The van der Waals surface area contributed by atoms with Gasteiger partial charge < -0.3 is 0 Å². The minimum atomic E-state index is -0.190. The molecule has 2 aromatic carbocycles. The van der Waals surface area contributed by atoms with E-state index in [0.29, 0.717) is 0 Å². The first-order valence-electron chi connectivity index (χ1n) is 6.91. The Hall–Kier alpha value is -2.26. The van der Waals surface area contributed by atoms with Crippen LogP contribution >= 0.6 is 11.3 Å². The van der Waals surface area contributed by atoms with Gasteiger partial charge in [0.1, 0.15) is 5.01 Å². The molecule has 0 saturated heterocycles. The lowest BCUT2D eigenvalue weighted by atomic mass is 9.74. The average Bonchev–Trinajstić information content (AvgIpc) is 2.95. The van der Waals surface area contributed by atoms with E-state index in [-0.39, 0.29) is 11.7 Å². The predicted octanol–water partition coefficient (Wildman–Crippen LogP) is 4.44. The molecule has 1 aliphatic carbocycles. The number of para-hydroxylation sites is 1. The molecule has 0 saturated carbocycles. The summed E-state index contributed by atoms with van der Waals surface area (Å²) in [5, 5.41) is 0.908. The zero-order valence-electron chi connectivity index (χ0n) is 11.5. The number of ketones is 1. The molecule has 102 valence electrons. The standard InChI is InChI=1S/C18H13NOS/c1-11-15(12-7-3-2-4-8-12)16(17(11)20)18-19-13-9-5-6-10-14(13)21-18/h2-10,16H,1H3. The van der Waals surface area contributed by atoms with Crippen LogP contribution in [0.5, 0.6) is 0 Å². The number of benzene rings is 2. The van der Waals surface area contributed by atoms with Gasteiger partial charge in [0.2, 0.25) is 0 Å². The predicted molar refractivity (Wildman–Crippen MR) is 86.4 cm³/mol. The molecular formula is C18H13NOS. The molecule has 1 heterocycles. The number of fused-ring (bicyclic) bond motifs is 1. The molecule has 1 atom stereocenters. The first kappa shape index (κ1) is 12.5. The topological polar surface area (TPSA) is 30.0 Å². The number of hydrogen-bond acceptors (Lipinski definition) is 3. The molecule has 2 nitrogen and oxygen atoms in total. The maximum Gasteiger partial charge on any atom is 0.173 e. The fourth-order valence-corrected chi connectivity index (χ4v) is 3.95. The van der Waals surface area contributed by atoms with Gasteiger partial charge in [0.25, 0.3) is 0 Å². The number of rotatable bonds is 2. The minimum absolute atomic E-state index is 0.190. The highest BCUT2D eigenvalue weighted by molar-refractivity contribution is 7.18. The lowest BCUT2D eigenvalue weighted by molar-refractivity contribution is -0.117. The Bertz CT molecular complexity index is 843. The van der Waals surface area contributed by atoms with Gasteiger partial charge in [-0.3, -0.25) is 4.79 Å². The van der Waals surface area contributed by atoms with E-state index in [1.807, 2.05) is 43.3 Å². The van der Waals surface area contributed by atoms with Crippen LogP contribution in [0.25, 0.3) is 15.8 Å². The summed E-state index contributed by atoms with van der Waals surface area (Å²) in [5.41, 5.74) is 4.09. The average molecular weight is 291 g/mol. The first-order valence-corrected chi connectivity index (χ1v) is 7.73. The molecule has 0 spiro atoms. The highest BCUT2D eigenvalue weighted by atomic mass is 32.1. The van der Waals surface area contributed by atoms with Crippen LogP contribution in [0.1, 0.15) is 23.4 Å². The molecule has 0 aliphatic heterocycles. The molecule has 0 bridgehead atoms. The van der Waals surface area contributed by atoms with E-state index < -0.39 is 0 Å². The molecule has 1 aliphatic rings. The highest BCUT2D eigenvalue weighted by Crippen LogP contribution is 2.47. The van der Waals surface area contributed by atoms with Gasteiger partial charge in [-0.15, -0.1) is 11.3 Å². The van der Waals surface area contributed by atoms with Gasteiger partial charge in [-0.1, -0.05) is 42.5 Å². The van der Waals surface area contributed by atoms with Crippen LogP contribution in [0.15, 0.2) is 60.2 Å². The van der Waals surface area contributed by atoms with Crippen molar-refractivity contribution in [3.63, 3.8) is 0 Å². The summed E-state index contributed by atoms with van der Waals surface area (Å²) in [5.74, 6) is 0.0118. The van der Waals surface area contributed by atoms with Crippen LogP contribution in [0, 0.1) is 0 Å². The summed E-state index contributed by atoms with van der Waals surface area (Å²) >= 11 is 1.62. The highest BCUT2D eigenvalue weighted by Gasteiger charge is 2.40. The Morgan fingerprint density at radius 1 is 1.00 bits per heavy atom. The van der Waals surface area contributed by atoms with Crippen molar-refractivity contribution in [3.05, 3.63) is 70.7 Å². The van der Waals surface area contributed by atoms with Crippen molar-refractivity contribution in [2.24, 2.45) is 0 Å². The van der Waals surface area contributed by atoms with Crippen molar-refractivity contribution in [1.29, 1.82) is 0 Å². The Balaban J connectivity index is 1.83. The van der Waals surface area contributed by atoms with Crippen LogP contribution in [-0.4, -0.2) is 10.8 Å². The number of carbonyl (C=O) groups is 1. The molecule has 0 amide bonds. The second-order valence-corrected chi connectivity index (χ2v) is 6.28. The van der Waals surface area contributed by atoms with E-state index in [4.69, 9.17) is 0 Å². The molecular weight excluding hydrogens is 278 g/mol. The summed E-state index contributed by atoms with van der Waals surface area (Å²) in [6.45, 7) is 1.91. The molecule has 0 N–H and O–H groups in total. The van der Waals surface area contributed by atoms with Crippen LogP contribution in [0.2, 0.25) is 0 Å². The number of aromatic nitrogens is 1. The van der Waals surface area contributed by atoms with E-state index in [1.54, 1.807) is 11.3 Å². The van der Waals surface area contributed by atoms with Gasteiger partial charge in [0, 0.05) is 0 Å². The number of Topliss-reactive ketones (excluding diaryl/α,β-unsaturated/α-hetero) is 1. The van der Waals surface area contributed by atoms with Crippen LogP contribution in [0.4, 0.5) is 0 Å². The van der Waals surface area contributed by atoms with Crippen molar-refractivity contribution in [3.8, 4) is 0 Å². The van der Waals surface area contributed by atoms with Gasteiger partial charge in [-0.05, 0) is 35.8 Å². The molecule has 1 unspecified atom stereocenters. The third-order valence-corrected chi connectivity index (χ3v) is 5.07. The normalized spacial score (nSPS) is 18.1. The van der Waals surface area contributed by atoms with E-state index in [0.717, 1.165) is 31.9 Å². The number of carbonyl (C=O) groups excluding carboxylic acids is 1. The number of thiazole rings is 1. The summed E-state index contributed by atoms with van der Waals surface area (Å²) in [7, 11) is 0. The largest absolute Gasteiger partial charge is 0.293 e. The van der Waals surface area contributed by atoms with Crippen LogP contribution < -0.4 is 0 Å². The van der Waals surface area contributed by atoms with Crippen molar-refractivity contribution in [1.82, 2.24) is 4.98 Å². The molecule has 1 aromatic heterocycles. The Labute approximate surface area is 126 Å². The zero-order chi connectivity index (χ0) is 14.4. The van der Waals surface area contributed by atoms with Gasteiger partial charge in [0.05, 0.1) is 16.1 Å². The minimum Gasteiger partial charge on any atom is -0.293 e. The lowest BCUT2D eigenvalue weighted by Crippen LogP contribution is -2.26. The molecule has 0 radical (unpaired) electrons. The zero-order valence-corrected chi connectivity index (χ0v) is 12.4. The fraction of sp³-hybridized carbons (Fsp3) is 0.111. The van der Waals surface area contributed by atoms with Crippen molar-refractivity contribution in [2.45, 2.75) is 12.8 Å². The maximum absolute atomic E-state index is 12.3. The maximum atomic E-state index is 12.3. The lowest BCUT2D eigenvalue weighted by Gasteiger charge is -2.29. The quantitative estimate of drug-likeness (QED) is 0.699. The van der Waals surface area contributed by atoms with Gasteiger partial charge >= 0.3 is 0 Å². The number of nitrogens with zero attached hydrogens (tertiary/aromatic N) is 1. The fourth-order valence-electron chi connectivity index (χ4n) is 2.87.